The number of methoxy groups -OCH3 is 1. The number of aliphatic hydroxyl groups is 1. The molecule has 1 N–H and O–H groups in total. The average molecular weight is 468 g/mol. The average Bonchev–Trinajstić information content (AvgIpc) is 2.86. The van der Waals surface area contributed by atoms with Crippen LogP contribution in [0.1, 0.15) is 40.3 Å². The molecule has 10 nitrogen and oxygen atoms in total. The van der Waals surface area contributed by atoms with Crippen LogP contribution >= 0.6 is 0 Å². The Balaban J connectivity index is 1.93. The molecular weight excluding hydrogens is 438 g/mol. The van der Waals surface area contributed by atoms with Crippen molar-refractivity contribution in [3.05, 3.63) is 47.7 Å². The minimum absolute atomic E-state index is 0.161. The van der Waals surface area contributed by atoms with Gasteiger partial charge in [0.15, 0.2) is 0 Å². The van der Waals surface area contributed by atoms with Gasteiger partial charge < -0.3 is 24.4 Å². The van der Waals surface area contributed by atoms with E-state index in [-0.39, 0.29) is 54.6 Å². The van der Waals surface area contributed by atoms with Crippen LogP contribution in [-0.2, 0) is 4.74 Å². The molecule has 2 aromatic rings. The van der Waals surface area contributed by atoms with E-state index in [9.17, 15) is 14.7 Å². The van der Waals surface area contributed by atoms with E-state index in [1.807, 2.05) is 6.92 Å². The third-order valence-corrected chi connectivity index (χ3v) is 5.55. The first-order valence-corrected chi connectivity index (χ1v) is 10.9. The van der Waals surface area contributed by atoms with Crippen molar-refractivity contribution in [1.29, 1.82) is 0 Å². The van der Waals surface area contributed by atoms with E-state index in [0.717, 1.165) is 0 Å². The molecule has 2 aromatic heterocycles. The minimum atomic E-state index is -0.469. The van der Waals surface area contributed by atoms with Gasteiger partial charge in [-0.25, -0.2) is 9.97 Å². The molecule has 3 heterocycles. The van der Waals surface area contributed by atoms with Crippen molar-refractivity contribution >= 4 is 11.8 Å². The second-order valence-electron chi connectivity index (χ2n) is 8.21. The monoisotopic (exact) mass is 467 g/mol. The molecule has 180 valence electrons. The number of likely N-dealkylation sites (N-methyl/N-ethyl adjacent to an activating group) is 1. The molecule has 0 aromatic carbocycles. The molecule has 0 aliphatic carbocycles. The Bertz CT molecular complexity index is 1070. The number of aromatic nitrogens is 3. The fraction of sp³-hybridized carbons (Fsp3) is 0.458. The summed E-state index contributed by atoms with van der Waals surface area (Å²) in [5.74, 6) is 5.17. The summed E-state index contributed by atoms with van der Waals surface area (Å²) in [6.07, 6.45) is 5.44. The zero-order valence-corrected chi connectivity index (χ0v) is 19.8. The van der Waals surface area contributed by atoms with Gasteiger partial charge in [0, 0.05) is 50.8 Å². The van der Waals surface area contributed by atoms with Gasteiger partial charge in [0.2, 0.25) is 5.88 Å². The summed E-state index contributed by atoms with van der Waals surface area (Å²) in [4.78, 5) is 41.7. The Morgan fingerprint density at radius 3 is 2.85 bits per heavy atom. The third kappa shape index (κ3) is 5.87. The smallest absolute Gasteiger partial charge is 0.273 e. The minimum Gasteiger partial charge on any atom is -0.472 e. The number of amides is 2. The fourth-order valence-corrected chi connectivity index (χ4v) is 3.56. The van der Waals surface area contributed by atoms with Crippen LogP contribution in [0, 0.1) is 17.8 Å². The first-order chi connectivity index (χ1) is 16.3. The van der Waals surface area contributed by atoms with E-state index in [1.165, 1.54) is 29.7 Å². The number of aliphatic hydroxyl groups excluding tert-OH is 1. The van der Waals surface area contributed by atoms with Crippen LogP contribution < -0.4 is 4.74 Å². The van der Waals surface area contributed by atoms with Crippen molar-refractivity contribution in [2.75, 3.05) is 40.5 Å². The molecule has 0 saturated heterocycles. The van der Waals surface area contributed by atoms with Crippen LogP contribution in [0.2, 0.25) is 0 Å². The van der Waals surface area contributed by atoms with Crippen molar-refractivity contribution < 1.29 is 24.2 Å². The molecule has 10 heteroatoms. The summed E-state index contributed by atoms with van der Waals surface area (Å²) in [5.41, 5.74) is 1.03. The number of hydrogen-bond acceptors (Lipinski definition) is 8. The van der Waals surface area contributed by atoms with Crippen molar-refractivity contribution in [3.63, 3.8) is 0 Å². The predicted molar refractivity (Wildman–Crippen MR) is 123 cm³/mol. The van der Waals surface area contributed by atoms with E-state index in [4.69, 9.17) is 9.47 Å². The van der Waals surface area contributed by atoms with Crippen LogP contribution in [0.3, 0.4) is 0 Å². The second-order valence-corrected chi connectivity index (χ2v) is 8.21. The molecule has 0 saturated carbocycles. The van der Waals surface area contributed by atoms with Crippen LogP contribution in [0.15, 0.2) is 30.9 Å². The third-order valence-electron chi connectivity index (χ3n) is 5.55. The highest BCUT2D eigenvalue weighted by atomic mass is 16.5. The molecule has 0 bridgehead atoms. The second kappa shape index (κ2) is 11.5. The van der Waals surface area contributed by atoms with E-state index >= 15 is 0 Å². The summed E-state index contributed by atoms with van der Waals surface area (Å²) < 4.78 is 11.1. The predicted octanol–water partition coefficient (Wildman–Crippen LogP) is 0.862. The quantitative estimate of drug-likeness (QED) is 0.622. The van der Waals surface area contributed by atoms with Gasteiger partial charge in [-0.1, -0.05) is 18.8 Å². The normalized spacial score (nSPS) is 18.5. The Labute approximate surface area is 198 Å². The van der Waals surface area contributed by atoms with Gasteiger partial charge in [0.1, 0.15) is 24.0 Å². The van der Waals surface area contributed by atoms with E-state index in [1.54, 1.807) is 32.0 Å². The number of fused-ring (bicyclic) bond motifs is 1. The summed E-state index contributed by atoms with van der Waals surface area (Å²) in [6.45, 7) is 4.35. The van der Waals surface area contributed by atoms with E-state index < -0.39 is 12.1 Å². The topological polar surface area (TPSA) is 118 Å². The van der Waals surface area contributed by atoms with Gasteiger partial charge in [-0.3, -0.25) is 14.6 Å². The van der Waals surface area contributed by atoms with Crippen molar-refractivity contribution in [2.45, 2.75) is 26.0 Å². The number of carbonyl (C=O) groups excluding carboxylic acids is 2. The Kier molecular flexibility index (Phi) is 8.51. The Hall–Kier alpha value is -3.55. The molecule has 34 heavy (non-hydrogen) atoms. The number of nitrogens with zero attached hydrogens (tertiary/aromatic N) is 5. The van der Waals surface area contributed by atoms with Gasteiger partial charge in [0.05, 0.1) is 25.4 Å². The molecule has 3 rings (SSSR count). The lowest BCUT2D eigenvalue weighted by Crippen LogP contribution is -2.50. The van der Waals surface area contributed by atoms with Crippen molar-refractivity contribution in [2.24, 2.45) is 5.92 Å². The zero-order chi connectivity index (χ0) is 24.7. The van der Waals surface area contributed by atoms with Gasteiger partial charge in [-0.05, 0) is 13.0 Å². The highest BCUT2D eigenvalue weighted by Gasteiger charge is 2.34. The van der Waals surface area contributed by atoms with E-state index in [0.29, 0.717) is 12.1 Å². The first-order valence-electron chi connectivity index (χ1n) is 10.9. The maximum atomic E-state index is 13.4. The highest BCUT2D eigenvalue weighted by Crippen LogP contribution is 2.27. The lowest BCUT2D eigenvalue weighted by Gasteiger charge is -2.37. The van der Waals surface area contributed by atoms with Gasteiger partial charge >= 0.3 is 0 Å². The van der Waals surface area contributed by atoms with Gasteiger partial charge in [-0.15, -0.1) is 0 Å². The number of carbonyl (C=O) groups is 2. The highest BCUT2D eigenvalue weighted by molar-refractivity contribution is 5.97. The van der Waals surface area contributed by atoms with Crippen LogP contribution in [0.5, 0.6) is 5.88 Å². The van der Waals surface area contributed by atoms with Crippen molar-refractivity contribution in [1.82, 2.24) is 24.8 Å². The number of hydrogen-bond donors (Lipinski definition) is 1. The number of ether oxygens (including phenoxy) is 2. The summed E-state index contributed by atoms with van der Waals surface area (Å²) in [5, 5.41) is 9.77. The number of rotatable bonds is 6. The summed E-state index contributed by atoms with van der Waals surface area (Å²) in [7, 11) is 3.21. The first kappa shape index (κ1) is 25.1. The van der Waals surface area contributed by atoms with Crippen LogP contribution in [-0.4, -0.2) is 94.3 Å². The summed E-state index contributed by atoms with van der Waals surface area (Å²) in [6, 6.07) is 1.22. The molecule has 1 aliphatic rings. The standard InChI is InChI=1S/C24H29N5O5/c1-16-13-29(17(2)15-30)23(31)19-10-18(6-5-9-33-4)11-27-22(19)34-21(16)14-28(3)24(32)20-12-25-7-8-26-20/h7-8,10-12,16-17,21,30H,9,13-15H2,1-4H3/t16-,17+,21-/m0/s1. The van der Waals surface area contributed by atoms with Gasteiger partial charge in [-0.2, -0.15) is 0 Å². The summed E-state index contributed by atoms with van der Waals surface area (Å²) >= 11 is 0. The maximum Gasteiger partial charge on any atom is 0.273 e. The molecule has 0 radical (unpaired) electrons. The van der Waals surface area contributed by atoms with Crippen molar-refractivity contribution in [3.8, 4) is 17.7 Å². The van der Waals surface area contributed by atoms with Crippen LogP contribution in [0.4, 0.5) is 0 Å². The molecule has 0 spiro atoms. The SMILES string of the molecule is COCC#Cc1cnc2c(c1)C(=O)N([C@H](C)CO)C[C@H](C)[C@H](CN(C)C(=O)c1cnccn1)O2. The lowest BCUT2D eigenvalue weighted by atomic mass is 10.00. The molecule has 0 unspecified atom stereocenters. The number of pyridine rings is 1. The van der Waals surface area contributed by atoms with Crippen LogP contribution in [0.25, 0.3) is 0 Å². The molecule has 2 amide bonds. The molecule has 1 aliphatic heterocycles. The molecular formula is C24H29N5O5. The fourth-order valence-electron chi connectivity index (χ4n) is 3.56. The molecule has 3 atom stereocenters. The largest absolute Gasteiger partial charge is 0.472 e. The Morgan fingerprint density at radius 2 is 2.18 bits per heavy atom. The lowest BCUT2D eigenvalue weighted by molar-refractivity contribution is 0.0312. The van der Waals surface area contributed by atoms with E-state index in [2.05, 4.69) is 26.8 Å². The Morgan fingerprint density at radius 1 is 1.38 bits per heavy atom. The van der Waals surface area contributed by atoms with Gasteiger partial charge in [0.25, 0.3) is 11.8 Å². The molecule has 0 fully saturated rings. The zero-order valence-electron chi connectivity index (χ0n) is 19.8. The maximum absolute atomic E-state index is 13.4.